The molecule has 1 heterocycles. The summed E-state index contributed by atoms with van der Waals surface area (Å²) in [5, 5.41) is 18.8. The van der Waals surface area contributed by atoms with Gasteiger partial charge in [0.15, 0.2) is 11.6 Å². The summed E-state index contributed by atoms with van der Waals surface area (Å²) in [6.07, 6.45) is 0.0453. The van der Waals surface area contributed by atoms with E-state index in [4.69, 9.17) is 9.76 Å². The molecule has 21 heavy (non-hydrogen) atoms. The summed E-state index contributed by atoms with van der Waals surface area (Å²) in [6.45, 7) is 1.65. The second-order valence-electron chi connectivity index (χ2n) is 4.90. The molecule has 0 saturated carbocycles. The fraction of sp³-hybridized carbons (Fsp3) is 0.385. The van der Waals surface area contributed by atoms with Crippen molar-refractivity contribution in [2.75, 3.05) is 0 Å². The first-order valence-electron chi connectivity index (χ1n) is 6.45. The molecule has 5 nitrogen and oxygen atoms in total. The zero-order valence-corrected chi connectivity index (χ0v) is 11.2. The van der Waals surface area contributed by atoms with Crippen molar-refractivity contribution < 1.29 is 33.2 Å². The topological polar surface area (TPSA) is 83.8 Å². The molecule has 1 aromatic carbocycles. The first-order valence-corrected chi connectivity index (χ1v) is 6.45. The van der Waals surface area contributed by atoms with Crippen LogP contribution in [0.1, 0.15) is 35.7 Å². The van der Waals surface area contributed by atoms with Gasteiger partial charge in [-0.25, -0.2) is 13.6 Å². The molecule has 0 unspecified atom stereocenters. The van der Waals surface area contributed by atoms with Crippen molar-refractivity contribution in [1.82, 2.24) is 0 Å². The van der Waals surface area contributed by atoms with Crippen molar-refractivity contribution in [3.05, 3.63) is 28.8 Å². The molecule has 0 fully saturated rings. The molecule has 0 saturated heterocycles. The molecule has 0 radical (unpaired) electrons. The Balaban J connectivity index is 2.43. The molecule has 112 valence electrons. The Hall–Kier alpha value is -1.96. The molecular formula is C13H13BF2O5. The molecule has 0 bridgehead atoms. The number of rotatable bonds is 4. The highest BCUT2D eigenvalue weighted by molar-refractivity contribution is 6.47. The largest absolute Gasteiger partial charge is 0.535 e. The smallest absolute Gasteiger partial charge is 0.526 e. The SMILES string of the molecule is CCC(=O)C[C@H]1Cc2c(F)c(F)cc(C(=O)O)c2OB1O. The van der Waals surface area contributed by atoms with Crippen molar-refractivity contribution in [3.63, 3.8) is 0 Å². The average Bonchev–Trinajstić information content (AvgIpc) is 2.43. The van der Waals surface area contributed by atoms with Crippen molar-refractivity contribution in [1.29, 1.82) is 0 Å². The molecule has 0 spiro atoms. The van der Waals surface area contributed by atoms with Gasteiger partial charge in [-0.05, 0) is 12.5 Å². The molecule has 0 amide bonds. The standard InChI is InChI=1S/C13H13BF2O5/c1-2-7(17)3-6-4-8-11(16)10(15)5-9(13(18)19)12(8)21-14(6)20/h5-6,20H,2-4H2,1H3,(H,18,19)/t6-/m0/s1. The number of carbonyl (C=O) groups is 2. The predicted molar refractivity (Wildman–Crippen MR) is 69.3 cm³/mol. The summed E-state index contributed by atoms with van der Waals surface area (Å²) in [5.74, 6) is -5.26. The Kier molecular flexibility index (Phi) is 4.27. The van der Waals surface area contributed by atoms with Gasteiger partial charge >= 0.3 is 13.1 Å². The summed E-state index contributed by atoms with van der Waals surface area (Å²) >= 11 is 0. The van der Waals surface area contributed by atoms with E-state index in [2.05, 4.69) is 0 Å². The van der Waals surface area contributed by atoms with Gasteiger partial charge in [0.1, 0.15) is 17.1 Å². The van der Waals surface area contributed by atoms with Crippen LogP contribution in [0, 0.1) is 11.6 Å². The van der Waals surface area contributed by atoms with Gasteiger partial charge < -0.3 is 14.8 Å². The summed E-state index contributed by atoms with van der Waals surface area (Å²) < 4.78 is 32.3. The Morgan fingerprint density at radius 3 is 2.71 bits per heavy atom. The predicted octanol–water partition coefficient (Wildman–Crippen LogP) is 1.82. The van der Waals surface area contributed by atoms with Crippen LogP contribution >= 0.6 is 0 Å². The summed E-state index contributed by atoms with van der Waals surface area (Å²) in [5.41, 5.74) is -0.810. The van der Waals surface area contributed by atoms with E-state index < -0.39 is 36.1 Å². The lowest BCUT2D eigenvalue weighted by Crippen LogP contribution is -2.36. The van der Waals surface area contributed by atoms with Crippen LogP contribution < -0.4 is 4.65 Å². The second kappa shape index (κ2) is 5.81. The maximum absolute atomic E-state index is 13.8. The Bertz CT molecular complexity index is 605. The van der Waals surface area contributed by atoms with Gasteiger partial charge in [0.05, 0.1) is 0 Å². The fourth-order valence-electron chi connectivity index (χ4n) is 2.33. The Labute approximate surface area is 119 Å². The number of carboxylic acids is 1. The number of carboxylic acid groups (broad SMARTS) is 1. The van der Waals surface area contributed by atoms with Crippen LogP contribution in [0.15, 0.2) is 6.07 Å². The van der Waals surface area contributed by atoms with Crippen LogP contribution in [0.3, 0.4) is 0 Å². The third-order valence-electron chi connectivity index (χ3n) is 3.49. The lowest BCUT2D eigenvalue weighted by molar-refractivity contribution is -0.118. The molecule has 2 rings (SSSR count). The average molecular weight is 298 g/mol. The van der Waals surface area contributed by atoms with E-state index in [0.29, 0.717) is 6.07 Å². The van der Waals surface area contributed by atoms with Gasteiger partial charge in [-0.1, -0.05) is 6.92 Å². The third kappa shape index (κ3) is 2.90. The molecule has 8 heteroatoms. The Morgan fingerprint density at radius 1 is 1.48 bits per heavy atom. The summed E-state index contributed by atoms with van der Waals surface area (Å²) in [7, 11) is -1.43. The highest BCUT2D eigenvalue weighted by atomic mass is 19.2. The van der Waals surface area contributed by atoms with Crippen molar-refractivity contribution in [2.24, 2.45) is 0 Å². The van der Waals surface area contributed by atoms with Crippen LogP contribution in [-0.4, -0.2) is 29.0 Å². The highest BCUT2D eigenvalue weighted by Crippen LogP contribution is 2.38. The van der Waals surface area contributed by atoms with Crippen LogP contribution in [0.4, 0.5) is 8.78 Å². The molecule has 2 N–H and O–H groups in total. The van der Waals surface area contributed by atoms with E-state index in [9.17, 15) is 23.4 Å². The van der Waals surface area contributed by atoms with E-state index in [1.807, 2.05) is 0 Å². The van der Waals surface area contributed by atoms with Gasteiger partial charge in [-0.2, -0.15) is 0 Å². The van der Waals surface area contributed by atoms with E-state index in [0.717, 1.165) is 0 Å². The number of hydrogen-bond acceptors (Lipinski definition) is 4. The van der Waals surface area contributed by atoms with Gasteiger partial charge in [0.25, 0.3) is 0 Å². The molecule has 1 aliphatic rings. The number of fused-ring (bicyclic) bond motifs is 1. The van der Waals surface area contributed by atoms with Crippen LogP contribution in [0.5, 0.6) is 5.75 Å². The van der Waals surface area contributed by atoms with E-state index in [1.54, 1.807) is 6.92 Å². The molecule has 1 aliphatic heterocycles. The molecule has 0 aliphatic carbocycles. The normalized spacial score (nSPS) is 17.1. The van der Waals surface area contributed by atoms with Crippen LogP contribution in [0.25, 0.3) is 0 Å². The van der Waals surface area contributed by atoms with Gasteiger partial charge in [0.2, 0.25) is 0 Å². The third-order valence-corrected chi connectivity index (χ3v) is 3.49. The summed E-state index contributed by atoms with van der Waals surface area (Å²) in [6, 6.07) is 0.515. The zero-order valence-electron chi connectivity index (χ0n) is 11.2. The highest BCUT2D eigenvalue weighted by Gasteiger charge is 2.39. The van der Waals surface area contributed by atoms with Gasteiger partial charge in [-0.15, -0.1) is 0 Å². The monoisotopic (exact) mass is 298 g/mol. The van der Waals surface area contributed by atoms with Gasteiger partial charge in [0, 0.05) is 24.2 Å². The number of carbonyl (C=O) groups excluding carboxylic acids is 1. The van der Waals surface area contributed by atoms with E-state index in [-0.39, 0.29) is 36.4 Å². The number of aromatic carboxylic acids is 1. The summed E-state index contributed by atoms with van der Waals surface area (Å²) in [4.78, 5) is 22.5. The maximum Gasteiger partial charge on any atom is 0.526 e. The minimum Gasteiger partial charge on any atom is -0.535 e. The lowest BCUT2D eigenvalue weighted by Gasteiger charge is -2.28. The number of benzene rings is 1. The van der Waals surface area contributed by atoms with Crippen molar-refractivity contribution in [2.45, 2.75) is 32.0 Å². The Morgan fingerprint density at radius 2 is 2.14 bits per heavy atom. The zero-order chi connectivity index (χ0) is 15.7. The number of ketones is 1. The molecule has 1 atom stereocenters. The first kappa shape index (κ1) is 15.4. The maximum atomic E-state index is 13.8. The fourth-order valence-corrected chi connectivity index (χ4v) is 2.33. The van der Waals surface area contributed by atoms with E-state index >= 15 is 0 Å². The second-order valence-corrected chi connectivity index (χ2v) is 4.90. The number of halogens is 2. The lowest BCUT2D eigenvalue weighted by atomic mass is 9.64. The molecule has 0 aromatic heterocycles. The minimum atomic E-state index is -1.49. The van der Waals surface area contributed by atoms with Crippen LogP contribution in [-0.2, 0) is 11.2 Å². The molecule has 1 aromatic rings. The number of Topliss-reactive ketones (excluding diaryl/α,β-unsaturated/α-hetero) is 1. The van der Waals surface area contributed by atoms with Gasteiger partial charge in [-0.3, -0.25) is 4.79 Å². The van der Waals surface area contributed by atoms with E-state index in [1.165, 1.54) is 0 Å². The quantitative estimate of drug-likeness (QED) is 0.828. The van der Waals surface area contributed by atoms with Crippen molar-refractivity contribution >= 4 is 18.9 Å². The minimum absolute atomic E-state index is 0.0462. The number of hydrogen-bond donors (Lipinski definition) is 2. The van der Waals surface area contributed by atoms with Crippen molar-refractivity contribution in [3.8, 4) is 5.75 Å². The first-order chi connectivity index (χ1) is 9.85. The molecular weight excluding hydrogens is 285 g/mol. The van der Waals surface area contributed by atoms with Crippen LogP contribution in [0.2, 0.25) is 5.82 Å².